The molecule has 186 valence electrons. The predicted octanol–water partition coefficient (Wildman–Crippen LogP) is 4.48. The van der Waals surface area contributed by atoms with Crippen molar-refractivity contribution in [3.63, 3.8) is 0 Å². The van der Waals surface area contributed by atoms with Crippen LogP contribution in [0.15, 0.2) is 59.9 Å². The van der Waals surface area contributed by atoms with Crippen LogP contribution in [0.1, 0.15) is 31.4 Å². The van der Waals surface area contributed by atoms with Crippen molar-refractivity contribution in [2.24, 2.45) is 0 Å². The van der Waals surface area contributed by atoms with E-state index in [1.165, 1.54) is 44.6 Å². The summed E-state index contributed by atoms with van der Waals surface area (Å²) in [5.41, 5.74) is 1.14. The van der Waals surface area contributed by atoms with Crippen molar-refractivity contribution in [2.45, 2.75) is 20.3 Å². The molecule has 0 saturated heterocycles. The summed E-state index contributed by atoms with van der Waals surface area (Å²) in [5.74, 6) is -0.725. The maximum absolute atomic E-state index is 13.0. The molecule has 0 bridgehead atoms. The Balaban J connectivity index is 2.40. The third kappa shape index (κ3) is 7.40. The summed E-state index contributed by atoms with van der Waals surface area (Å²) < 4.78 is 10.2. The van der Waals surface area contributed by atoms with Gasteiger partial charge >= 0.3 is 0 Å². The van der Waals surface area contributed by atoms with E-state index < -0.39 is 5.78 Å². The van der Waals surface area contributed by atoms with Gasteiger partial charge in [0.1, 0.15) is 5.76 Å². The summed E-state index contributed by atoms with van der Waals surface area (Å²) in [5, 5.41) is 30.2. The van der Waals surface area contributed by atoms with Gasteiger partial charge in [-0.1, -0.05) is 24.3 Å². The van der Waals surface area contributed by atoms with Crippen molar-refractivity contribution < 1.29 is 34.4 Å². The molecule has 3 N–H and O–H groups in total. The zero-order valence-corrected chi connectivity index (χ0v) is 20.3. The van der Waals surface area contributed by atoms with Crippen LogP contribution in [0.2, 0.25) is 0 Å². The molecule has 8 heteroatoms. The molecule has 0 spiro atoms. The minimum absolute atomic E-state index is 0.0268. The number of amides is 1. The molecule has 2 aromatic carbocycles. The summed E-state index contributed by atoms with van der Waals surface area (Å²) in [4.78, 5) is 27.3. The number of carbonyl (C=O) groups is 2. The van der Waals surface area contributed by atoms with Crippen LogP contribution in [0.3, 0.4) is 0 Å². The first-order valence-corrected chi connectivity index (χ1v) is 11.1. The Morgan fingerprint density at radius 2 is 1.34 bits per heavy atom. The zero-order chi connectivity index (χ0) is 26.0. The molecular formula is C27H31NO7. The maximum Gasteiger partial charge on any atom is 0.227 e. The van der Waals surface area contributed by atoms with E-state index in [4.69, 9.17) is 9.47 Å². The SMILES string of the molecule is CCN(CC)C(=O)C/C(C(=O)/C=C/c1ccc(O)c(OC)c1)=C(O)\C=C\c1ccc(O)c(OC)c1. The molecule has 0 aliphatic carbocycles. The number of phenolic OH excluding ortho intramolecular Hbond substituents is 2. The van der Waals surface area contributed by atoms with E-state index in [-0.39, 0.29) is 46.7 Å². The maximum atomic E-state index is 13.0. The van der Waals surface area contributed by atoms with Crippen molar-refractivity contribution in [2.75, 3.05) is 27.3 Å². The summed E-state index contributed by atoms with van der Waals surface area (Å²) >= 11 is 0. The highest BCUT2D eigenvalue weighted by Crippen LogP contribution is 2.28. The second-order valence-electron chi connectivity index (χ2n) is 7.50. The fraction of sp³-hybridized carbons (Fsp3) is 0.259. The van der Waals surface area contributed by atoms with Crippen LogP contribution < -0.4 is 9.47 Å². The molecule has 0 unspecified atom stereocenters. The first kappa shape index (κ1) is 27.0. The molecular weight excluding hydrogens is 450 g/mol. The fourth-order valence-electron chi connectivity index (χ4n) is 3.29. The van der Waals surface area contributed by atoms with Gasteiger partial charge in [-0.25, -0.2) is 0 Å². The summed E-state index contributed by atoms with van der Waals surface area (Å²) in [6, 6.07) is 9.23. The second-order valence-corrected chi connectivity index (χ2v) is 7.50. The van der Waals surface area contributed by atoms with Gasteiger partial charge in [0, 0.05) is 13.1 Å². The highest BCUT2D eigenvalue weighted by atomic mass is 16.5. The molecule has 0 aliphatic heterocycles. The van der Waals surface area contributed by atoms with Crippen molar-refractivity contribution in [1.29, 1.82) is 0 Å². The number of hydrogen-bond donors (Lipinski definition) is 3. The normalized spacial score (nSPS) is 12.0. The van der Waals surface area contributed by atoms with E-state index in [1.807, 2.05) is 13.8 Å². The molecule has 0 radical (unpaired) electrons. The quantitative estimate of drug-likeness (QED) is 0.246. The number of benzene rings is 2. The van der Waals surface area contributed by atoms with Gasteiger partial charge in [-0.05, 0) is 61.4 Å². The van der Waals surface area contributed by atoms with Crippen molar-refractivity contribution in [3.05, 3.63) is 71.0 Å². The van der Waals surface area contributed by atoms with Gasteiger partial charge in [-0.2, -0.15) is 0 Å². The minimum Gasteiger partial charge on any atom is -0.508 e. The summed E-state index contributed by atoms with van der Waals surface area (Å²) in [6.45, 7) is 4.62. The van der Waals surface area contributed by atoms with Crippen LogP contribution in [-0.4, -0.2) is 59.2 Å². The van der Waals surface area contributed by atoms with Gasteiger partial charge < -0.3 is 29.7 Å². The van der Waals surface area contributed by atoms with Crippen LogP contribution in [0.4, 0.5) is 0 Å². The minimum atomic E-state index is -0.539. The number of aromatic hydroxyl groups is 2. The highest BCUT2D eigenvalue weighted by Gasteiger charge is 2.19. The van der Waals surface area contributed by atoms with Gasteiger partial charge in [-0.15, -0.1) is 0 Å². The molecule has 0 atom stereocenters. The molecule has 8 nitrogen and oxygen atoms in total. The molecule has 0 fully saturated rings. The van der Waals surface area contributed by atoms with E-state index in [0.29, 0.717) is 24.2 Å². The number of aliphatic hydroxyl groups is 1. The number of nitrogens with zero attached hydrogens (tertiary/aromatic N) is 1. The average molecular weight is 482 g/mol. The third-order valence-corrected chi connectivity index (χ3v) is 5.32. The lowest BCUT2D eigenvalue weighted by Crippen LogP contribution is -2.31. The number of ether oxygens (including phenoxy) is 2. The Kier molecular flexibility index (Phi) is 9.96. The Morgan fingerprint density at radius 1 is 0.857 bits per heavy atom. The van der Waals surface area contributed by atoms with Crippen LogP contribution in [-0.2, 0) is 9.59 Å². The molecule has 0 aromatic heterocycles. The van der Waals surface area contributed by atoms with E-state index in [1.54, 1.807) is 35.2 Å². The van der Waals surface area contributed by atoms with E-state index in [2.05, 4.69) is 0 Å². The smallest absolute Gasteiger partial charge is 0.227 e. The predicted molar refractivity (Wildman–Crippen MR) is 135 cm³/mol. The van der Waals surface area contributed by atoms with Crippen LogP contribution in [0.25, 0.3) is 12.2 Å². The van der Waals surface area contributed by atoms with Crippen molar-refractivity contribution >= 4 is 23.8 Å². The lowest BCUT2D eigenvalue weighted by Gasteiger charge is -2.19. The second kappa shape index (κ2) is 12.9. The molecule has 2 rings (SSSR count). The van der Waals surface area contributed by atoms with Gasteiger partial charge in [0.15, 0.2) is 28.8 Å². The van der Waals surface area contributed by atoms with E-state index in [9.17, 15) is 24.9 Å². The topological polar surface area (TPSA) is 117 Å². The number of methoxy groups -OCH3 is 2. The standard InChI is InChI=1S/C27H31NO7/c1-5-28(6-2)27(33)17-20(21(29)11-7-18-9-13-23(31)25(15-18)34-3)22(30)12-8-19-10-14-24(32)26(16-19)35-4/h7-16,29,31-32H,5-6,17H2,1-4H3/b11-7+,12-8+,21-20-. The number of aliphatic hydroxyl groups excluding tert-OH is 1. The molecule has 0 saturated carbocycles. The third-order valence-electron chi connectivity index (χ3n) is 5.32. The van der Waals surface area contributed by atoms with Crippen LogP contribution in [0, 0.1) is 0 Å². The lowest BCUT2D eigenvalue weighted by molar-refractivity contribution is -0.130. The number of hydrogen-bond acceptors (Lipinski definition) is 7. The Labute approximate surface area is 205 Å². The van der Waals surface area contributed by atoms with Crippen molar-refractivity contribution in [1.82, 2.24) is 4.90 Å². The first-order chi connectivity index (χ1) is 16.7. The molecule has 35 heavy (non-hydrogen) atoms. The van der Waals surface area contributed by atoms with Crippen LogP contribution in [0.5, 0.6) is 23.0 Å². The number of ketones is 1. The summed E-state index contributed by atoms with van der Waals surface area (Å²) in [6.07, 6.45) is 5.35. The number of phenols is 2. The molecule has 0 aliphatic rings. The van der Waals surface area contributed by atoms with Gasteiger partial charge in [0.2, 0.25) is 5.91 Å². The fourth-order valence-corrected chi connectivity index (χ4v) is 3.29. The van der Waals surface area contributed by atoms with Crippen molar-refractivity contribution in [3.8, 4) is 23.0 Å². The van der Waals surface area contributed by atoms with Gasteiger partial charge in [-0.3, -0.25) is 9.59 Å². The van der Waals surface area contributed by atoms with Gasteiger partial charge in [0.25, 0.3) is 0 Å². The van der Waals surface area contributed by atoms with Crippen LogP contribution >= 0.6 is 0 Å². The monoisotopic (exact) mass is 481 g/mol. The molecule has 2 aromatic rings. The number of allylic oxidation sites excluding steroid dienone is 2. The van der Waals surface area contributed by atoms with E-state index >= 15 is 0 Å². The van der Waals surface area contributed by atoms with Gasteiger partial charge in [0.05, 0.1) is 26.2 Å². The highest BCUT2D eigenvalue weighted by molar-refractivity contribution is 6.09. The number of rotatable bonds is 11. The molecule has 0 heterocycles. The first-order valence-electron chi connectivity index (χ1n) is 11.1. The molecule has 1 amide bonds. The van der Waals surface area contributed by atoms with E-state index in [0.717, 1.165) is 0 Å². The Hall–Kier alpha value is -4.20. The zero-order valence-electron chi connectivity index (χ0n) is 20.3. The average Bonchev–Trinajstić information content (AvgIpc) is 2.86. The lowest BCUT2D eigenvalue weighted by atomic mass is 10.0. The number of carbonyl (C=O) groups excluding carboxylic acids is 2. The Bertz CT molecular complexity index is 1140. The largest absolute Gasteiger partial charge is 0.508 e. The summed E-state index contributed by atoms with van der Waals surface area (Å²) in [7, 11) is 2.84. The Morgan fingerprint density at radius 3 is 1.80 bits per heavy atom.